The highest BCUT2D eigenvalue weighted by Gasteiger charge is 2.31. The number of halogens is 3. The Balaban J connectivity index is 1.35. The predicted molar refractivity (Wildman–Crippen MR) is 113 cm³/mol. The van der Waals surface area contributed by atoms with Gasteiger partial charge in [-0.05, 0) is 29.8 Å². The minimum absolute atomic E-state index is 0.0340. The quantitative estimate of drug-likeness (QED) is 0.551. The Kier molecular flexibility index (Phi) is 6.34. The molecule has 0 aliphatic carbocycles. The highest BCUT2D eigenvalue weighted by atomic mass is 19.4. The first-order chi connectivity index (χ1) is 15.8. The number of rotatable bonds is 7. The third-order valence-corrected chi connectivity index (χ3v) is 5.13. The van der Waals surface area contributed by atoms with Crippen molar-refractivity contribution in [2.45, 2.75) is 19.3 Å². The molecule has 2 heterocycles. The number of hydrogen-bond donors (Lipinski definition) is 1. The molecule has 0 spiro atoms. The summed E-state index contributed by atoms with van der Waals surface area (Å²) in [5, 5.41) is 6.89. The molecule has 10 heteroatoms. The highest BCUT2D eigenvalue weighted by molar-refractivity contribution is 5.98. The van der Waals surface area contributed by atoms with Crippen LogP contribution < -0.4 is 10.1 Å². The summed E-state index contributed by atoms with van der Waals surface area (Å²) in [4.78, 5) is 26.7. The van der Waals surface area contributed by atoms with E-state index in [1.165, 1.54) is 21.7 Å². The Morgan fingerprint density at radius 3 is 2.61 bits per heavy atom. The van der Waals surface area contributed by atoms with Crippen LogP contribution in [-0.2, 0) is 19.3 Å². The summed E-state index contributed by atoms with van der Waals surface area (Å²) in [6, 6.07) is 15.5. The molecule has 172 valence electrons. The van der Waals surface area contributed by atoms with Gasteiger partial charge in [-0.2, -0.15) is 18.3 Å². The molecular formula is C23H21F3N4O3. The van der Waals surface area contributed by atoms with Crippen molar-refractivity contribution in [2.24, 2.45) is 0 Å². The summed E-state index contributed by atoms with van der Waals surface area (Å²) in [6.45, 7) is 1.17. The Hall–Kier alpha value is -3.82. The largest absolute Gasteiger partial charge is 0.492 e. The molecule has 4 rings (SSSR count). The maximum atomic E-state index is 13.0. The monoisotopic (exact) mass is 458 g/mol. The number of hydrogen-bond acceptors (Lipinski definition) is 4. The summed E-state index contributed by atoms with van der Waals surface area (Å²) in [5.74, 6) is -0.140. The molecule has 0 saturated heterocycles. The zero-order valence-electron chi connectivity index (χ0n) is 17.5. The van der Waals surface area contributed by atoms with Gasteiger partial charge in [0.15, 0.2) is 5.69 Å². The van der Waals surface area contributed by atoms with Gasteiger partial charge in [-0.25, -0.2) is 0 Å². The van der Waals surface area contributed by atoms with Crippen LogP contribution in [0.25, 0.3) is 0 Å². The Bertz CT molecular complexity index is 1150. The Morgan fingerprint density at radius 2 is 1.85 bits per heavy atom. The van der Waals surface area contributed by atoms with Crippen LogP contribution in [0.1, 0.15) is 32.1 Å². The second-order valence-electron chi connectivity index (χ2n) is 7.48. The van der Waals surface area contributed by atoms with Crippen LogP contribution in [0.4, 0.5) is 13.2 Å². The molecule has 0 fully saturated rings. The van der Waals surface area contributed by atoms with Crippen LogP contribution in [-0.4, -0.2) is 46.2 Å². The molecular weight excluding hydrogens is 437 g/mol. The maximum Gasteiger partial charge on any atom is 0.416 e. The number of fused-ring (bicyclic) bond motifs is 1. The Labute approximate surface area is 187 Å². The number of ether oxygens (including phenoxy) is 1. The number of alkyl halides is 3. The first-order valence-corrected chi connectivity index (χ1v) is 10.3. The minimum Gasteiger partial charge on any atom is -0.492 e. The standard InChI is InChI=1S/C23H21F3N4O3/c24-23(25,26)17-6-4-5-16(13-17)15-29-10-11-30-20(22(29)32)14-19(28-30)21(31)27-9-12-33-18-7-2-1-3-8-18/h1-8,13-14H,9-12,15H2,(H,27,31). The Morgan fingerprint density at radius 1 is 1.06 bits per heavy atom. The van der Waals surface area contributed by atoms with Gasteiger partial charge >= 0.3 is 6.18 Å². The minimum atomic E-state index is -4.45. The fourth-order valence-electron chi connectivity index (χ4n) is 3.51. The second kappa shape index (κ2) is 9.35. The van der Waals surface area contributed by atoms with Gasteiger partial charge in [0.25, 0.3) is 11.8 Å². The average molecular weight is 458 g/mol. The normalized spacial score (nSPS) is 13.5. The van der Waals surface area contributed by atoms with Gasteiger partial charge in [-0.15, -0.1) is 0 Å². The smallest absolute Gasteiger partial charge is 0.416 e. The van der Waals surface area contributed by atoms with E-state index in [1.807, 2.05) is 30.3 Å². The van der Waals surface area contributed by atoms with Crippen LogP contribution in [0.5, 0.6) is 5.75 Å². The highest BCUT2D eigenvalue weighted by Crippen LogP contribution is 2.30. The molecule has 0 unspecified atom stereocenters. The van der Waals surface area contributed by atoms with E-state index in [9.17, 15) is 22.8 Å². The molecule has 1 aliphatic heterocycles. The summed E-state index contributed by atoms with van der Waals surface area (Å²) >= 11 is 0. The van der Waals surface area contributed by atoms with Crippen molar-refractivity contribution in [1.82, 2.24) is 20.0 Å². The molecule has 0 atom stereocenters. The molecule has 0 radical (unpaired) electrons. The number of amides is 2. The fraction of sp³-hybridized carbons (Fsp3) is 0.261. The number of nitrogens with zero attached hydrogens (tertiary/aromatic N) is 3. The SMILES string of the molecule is O=C(NCCOc1ccccc1)c1cc2n(n1)CCN(Cc1cccc(C(F)(F)F)c1)C2=O. The second-order valence-corrected chi connectivity index (χ2v) is 7.48. The van der Waals surface area contributed by atoms with E-state index in [0.29, 0.717) is 17.9 Å². The van der Waals surface area contributed by atoms with Gasteiger partial charge in [0.2, 0.25) is 0 Å². The van der Waals surface area contributed by atoms with Gasteiger partial charge in [-0.3, -0.25) is 14.3 Å². The predicted octanol–water partition coefficient (Wildman–Crippen LogP) is 3.37. The molecule has 33 heavy (non-hydrogen) atoms. The number of carbonyl (C=O) groups excluding carboxylic acids is 2. The summed E-state index contributed by atoms with van der Waals surface area (Å²) < 4.78 is 45.8. The number of aromatic nitrogens is 2. The number of para-hydroxylation sites is 1. The topological polar surface area (TPSA) is 76.5 Å². The fourth-order valence-corrected chi connectivity index (χ4v) is 3.51. The van der Waals surface area contributed by atoms with E-state index in [1.54, 1.807) is 6.07 Å². The molecule has 2 aromatic carbocycles. The number of carbonyl (C=O) groups is 2. The van der Waals surface area contributed by atoms with Gasteiger partial charge in [0.05, 0.1) is 18.7 Å². The van der Waals surface area contributed by atoms with Crippen molar-refractivity contribution in [1.29, 1.82) is 0 Å². The van der Waals surface area contributed by atoms with Crippen molar-refractivity contribution in [3.63, 3.8) is 0 Å². The van der Waals surface area contributed by atoms with Crippen molar-refractivity contribution in [2.75, 3.05) is 19.7 Å². The molecule has 2 amide bonds. The van der Waals surface area contributed by atoms with Crippen molar-refractivity contribution >= 4 is 11.8 Å². The van der Waals surface area contributed by atoms with Crippen LogP contribution in [0.15, 0.2) is 60.7 Å². The van der Waals surface area contributed by atoms with Crippen LogP contribution in [0.2, 0.25) is 0 Å². The molecule has 1 aliphatic rings. The first-order valence-electron chi connectivity index (χ1n) is 10.3. The van der Waals surface area contributed by atoms with Gasteiger partial charge in [-0.1, -0.05) is 30.3 Å². The lowest BCUT2D eigenvalue weighted by Gasteiger charge is -2.27. The number of benzene rings is 2. The summed E-state index contributed by atoms with van der Waals surface area (Å²) in [5.41, 5.74) is -0.0647. The third-order valence-electron chi connectivity index (χ3n) is 5.13. The van der Waals surface area contributed by atoms with E-state index in [2.05, 4.69) is 10.4 Å². The third kappa shape index (κ3) is 5.33. The van der Waals surface area contributed by atoms with Crippen molar-refractivity contribution in [3.05, 3.63) is 83.2 Å². The first kappa shape index (κ1) is 22.4. The molecule has 7 nitrogen and oxygen atoms in total. The van der Waals surface area contributed by atoms with Gasteiger partial charge < -0.3 is 15.0 Å². The molecule has 0 saturated carbocycles. The van der Waals surface area contributed by atoms with Crippen LogP contribution in [0, 0.1) is 0 Å². The zero-order valence-corrected chi connectivity index (χ0v) is 17.5. The van der Waals surface area contributed by atoms with Gasteiger partial charge in [0.1, 0.15) is 18.1 Å². The average Bonchev–Trinajstić information content (AvgIpc) is 3.24. The van der Waals surface area contributed by atoms with Crippen LogP contribution >= 0.6 is 0 Å². The molecule has 1 N–H and O–H groups in total. The lowest BCUT2D eigenvalue weighted by atomic mass is 10.1. The van der Waals surface area contributed by atoms with E-state index in [0.717, 1.165) is 12.1 Å². The van der Waals surface area contributed by atoms with Crippen LogP contribution in [0.3, 0.4) is 0 Å². The van der Waals surface area contributed by atoms with Crippen molar-refractivity contribution < 1.29 is 27.5 Å². The van der Waals surface area contributed by atoms with E-state index < -0.39 is 23.6 Å². The maximum absolute atomic E-state index is 13.0. The summed E-state index contributed by atoms with van der Waals surface area (Å²) in [6.07, 6.45) is -4.45. The van der Waals surface area contributed by atoms with E-state index in [4.69, 9.17) is 4.74 Å². The molecule has 0 bridgehead atoms. The summed E-state index contributed by atoms with van der Waals surface area (Å²) in [7, 11) is 0. The van der Waals surface area contributed by atoms with E-state index >= 15 is 0 Å². The molecule has 3 aromatic rings. The van der Waals surface area contributed by atoms with Crippen molar-refractivity contribution in [3.8, 4) is 5.75 Å². The zero-order chi connectivity index (χ0) is 23.4. The van der Waals surface area contributed by atoms with E-state index in [-0.39, 0.29) is 37.6 Å². The lowest BCUT2D eigenvalue weighted by Crippen LogP contribution is -2.39. The number of nitrogens with one attached hydrogen (secondary N) is 1. The lowest BCUT2D eigenvalue weighted by molar-refractivity contribution is -0.137. The van der Waals surface area contributed by atoms with Gasteiger partial charge in [0, 0.05) is 19.2 Å². The molecule has 1 aromatic heterocycles.